The van der Waals surface area contributed by atoms with Crippen LogP contribution in [-0.4, -0.2) is 49.8 Å². The molecule has 21 heavy (non-hydrogen) atoms. The summed E-state index contributed by atoms with van der Waals surface area (Å²) in [5.41, 5.74) is 3.95. The Morgan fingerprint density at radius 3 is 3.14 bits per heavy atom. The summed E-state index contributed by atoms with van der Waals surface area (Å²) < 4.78 is 10.5. The van der Waals surface area contributed by atoms with Crippen LogP contribution >= 0.6 is 0 Å². The molecular formula is C16H22N2O3. The van der Waals surface area contributed by atoms with Crippen LogP contribution in [0.1, 0.15) is 18.1 Å². The summed E-state index contributed by atoms with van der Waals surface area (Å²) in [5, 5.41) is 3.47. The summed E-state index contributed by atoms with van der Waals surface area (Å²) in [4.78, 5) is 14.0. The molecule has 5 nitrogen and oxygen atoms in total. The van der Waals surface area contributed by atoms with Crippen LogP contribution in [0.2, 0.25) is 0 Å². The van der Waals surface area contributed by atoms with Gasteiger partial charge in [0.25, 0.3) is 0 Å². The molecular weight excluding hydrogens is 268 g/mol. The Balaban J connectivity index is 1.72. The van der Waals surface area contributed by atoms with Gasteiger partial charge in [-0.1, -0.05) is 18.2 Å². The number of rotatable bonds is 3. The number of morpholine rings is 1. The summed E-state index contributed by atoms with van der Waals surface area (Å²) >= 11 is 0. The van der Waals surface area contributed by atoms with E-state index in [1.807, 2.05) is 6.92 Å². The molecule has 0 spiro atoms. The minimum absolute atomic E-state index is 0.0348. The second-order valence-corrected chi connectivity index (χ2v) is 5.78. The van der Waals surface area contributed by atoms with E-state index in [1.54, 1.807) is 0 Å². The highest BCUT2D eigenvalue weighted by Crippen LogP contribution is 2.28. The minimum atomic E-state index is -0.483. The minimum Gasteiger partial charge on any atom is -0.467 e. The number of fused-ring (bicyclic) bond motifs is 1. The first kappa shape index (κ1) is 14.4. The number of esters is 1. The maximum Gasteiger partial charge on any atom is 0.336 e. The van der Waals surface area contributed by atoms with Gasteiger partial charge in [0.05, 0.1) is 13.2 Å². The van der Waals surface area contributed by atoms with Crippen molar-refractivity contribution in [3.63, 3.8) is 0 Å². The zero-order chi connectivity index (χ0) is 14.8. The molecule has 1 N–H and O–H groups in total. The van der Waals surface area contributed by atoms with Crippen molar-refractivity contribution < 1.29 is 14.3 Å². The van der Waals surface area contributed by atoms with Gasteiger partial charge < -0.3 is 14.8 Å². The van der Waals surface area contributed by atoms with Crippen molar-refractivity contribution >= 4 is 11.7 Å². The molecule has 2 atom stereocenters. The normalized spacial score (nSPS) is 25.2. The third kappa shape index (κ3) is 3.04. The molecule has 114 valence electrons. The number of ether oxygens (including phenoxy) is 2. The molecule has 2 aliphatic heterocycles. The predicted octanol–water partition coefficient (Wildman–Crippen LogP) is 1.42. The fourth-order valence-corrected chi connectivity index (χ4v) is 3.21. The van der Waals surface area contributed by atoms with E-state index < -0.39 is 6.10 Å². The van der Waals surface area contributed by atoms with Gasteiger partial charge in [0, 0.05) is 31.9 Å². The molecule has 1 aromatic carbocycles. The van der Waals surface area contributed by atoms with Crippen LogP contribution < -0.4 is 5.32 Å². The number of hydrogen-bond donors (Lipinski definition) is 1. The van der Waals surface area contributed by atoms with Gasteiger partial charge in [-0.15, -0.1) is 0 Å². The predicted molar refractivity (Wildman–Crippen MR) is 80.3 cm³/mol. The fraction of sp³-hybridized carbons (Fsp3) is 0.562. The number of methoxy groups -OCH3 is 1. The van der Waals surface area contributed by atoms with E-state index in [9.17, 15) is 4.79 Å². The van der Waals surface area contributed by atoms with Crippen molar-refractivity contribution in [1.29, 1.82) is 0 Å². The highest BCUT2D eigenvalue weighted by molar-refractivity contribution is 5.75. The molecule has 2 heterocycles. The molecule has 0 unspecified atom stereocenters. The molecule has 0 radical (unpaired) electrons. The van der Waals surface area contributed by atoms with Gasteiger partial charge in [-0.25, -0.2) is 4.79 Å². The van der Waals surface area contributed by atoms with E-state index in [0.29, 0.717) is 6.54 Å². The van der Waals surface area contributed by atoms with Gasteiger partial charge in [0.15, 0.2) is 6.10 Å². The Bertz CT molecular complexity index is 532. The Morgan fingerprint density at radius 2 is 2.33 bits per heavy atom. The van der Waals surface area contributed by atoms with E-state index in [2.05, 4.69) is 28.4 Å². The van der Waals surface area contributed by atoms with Crippen molar-refractivity contribution in [3.05, 3.63) is 29.3 Å². The first-order valence-corrected chi connectivity index (χ1v) is 7.47. The lowest BCUT2D eigenvalue weighted by molar-refractivity contribution is -0.166. The van der Waals surface area contributed by atoms with Crippen molar-refractivity contribution in [3.8, 4) is 0 Å². The SMILES string of the molecule is COC(=O)[C@H]1CN(Cc2cccc3c2NCC3)C[C@@H](C)O1. The summed E-state index contributed by atoms with van der Waals surface area (Å²) in [7, 11) is 1.41. The molecule has 1 fully saturated rings. The van der Waals surface area contributed by atoms with Crippen LogP contribution in [0.4, 0.5) is 5.69 Å². The molecule has 0 bridgehead atoms. The topological polar surface area (TPSA) is 50.8 Å². The van der Waals surface area contributed by atoms with Crippen molar-refractivity contribution in [2.75, 3.05) is 32.1 Å². The largest absolute Gasteiger partial charge is 0.467 e. The summed E-state index contributed by atoms with van der Waals surface area (Å²) in [6.45, 7) is 5.25. The highest BCUT2D eigenvalue weighted by atomic mass is 16.6. The lowest BCUT2D eigenvalue weighted by Gasteiger charge is -2.35. The smallest absolute Gasteiger partial charge is 0.336 e. The van der Waals surface area contributed by atoms with Gasteiger partial charge in [-0.3, -0.25) is 4.90 Å². The molecule has 3 rings (SSSR count). The summed E-state index contributed by atoms with van der Waals surface area (Å²) in [6, 6.07) is 6.45. The number of hydrogen-bond acceptors (Lipinski definition) is 5. The van der Waals surface area contributed by atoms with Crippen LogP contribution in [0.5, 0.6) is 0 Å². The summed E-state index contributed by atoms with van der Waals surface area (Å²) in [6.07, 6.45) is 0.643. The van der Waals surface area contributed by atoms with E-state index >= 15 is 0 Å². The van der Waals surface area contributed by atoms with Gasteiger partial charge in [-0.2, -0.15) is 0 Å². The van der Waals surface area contributed by atoms with Crippen LogP contribution in [0.3, 0.4) is 0 Å². The van der Waals surface area contributed by atoms with Crippen molar-refractivity contribution in [1.82, 2.24) is 4.90 Å². The second-order valence-electron chi connectivity index (χ2n) is 5.78. The molecule has 0 aromatic heterocycles. The lowest BCUT2D eigenvalue weighted by Crippen LogP contribution is -2.49. The van der Waals surface area contributed by atoms with Crippen LogP contribution in [-0.2, 0) is 27.2 Å². The monoisotopic (exact) mass is 290 g/mol. The molecule has 1 saturated heterocycles. The van der Waals surface area contributed by atoms with Crippen LogP contribution in [0, 0.1) is 0 Å². The Kier molecular flexibility index (Phi) is 4.12. The molecule has 0 amide bonds. The number of carbonyl (C=O) groups excluding carboxylic acids is 1. The van der Waals surface area contributed by atoms with Gasteiger partial charge in [0.2, 0.25) is 0 Å². The second kappa shape index (κ2) is 6.03. The first-order chi connectivity index (χ1) is 10.2. The Hall–Kier alpha value is -1.59. The number of anilines is 1. The van der Waals surface area contributed by atoms with Crippen molar-refractivity contribution in [2.45, 2.75) is 32.1 Å². The highest BCUT2D eigenvalue weighted by Gasteiger charge is 2.31. The van der Waals surface area contributed by atoms with E-state index in [4.69, 9.17) is 9.47 Å². The Morgan fingerprint density at radius 1 is 1.48 bits per heavy atom. The van der Waals surface area contributed by atoms with E-state index in [-0.39, 0.29) is 12.1 Å². The van der Waals surface area contributed by atoms with Gasteiger partial charge in [-0.05, 0) is 24.5 Å². The molecule has 0 aliphatic carbocycles. The summed E-state index contributed by atoms with van der Waals surface area (Å²) in [5.74, 6) is -0.289. The number of nitrogens with zero attached hydrogens (tertiary/aromatic N) is 1. The Labute approximate surface area is 125 Å². The number of nitrogens with one attached hydrogen (secondary N) is 1. The van der Waals surface area contributed by atoms with Crippen LogP contribution in [0.15, 0.2) is 18.2 Å². The van der Waals surface area contributed by atoms with Gasteiger partial charge >= 0.3 is 5.97 Å². The number of para-hydroxylation sites is 1. The molecule has 0 saturated carbocycles. The van der Waals surface area contributed by atoms with Gasteiger partial charge in [0.1, 0.15) is 0 Å². The zero-order valence-corrected chi connectivity index (χ0v) is 12.6. The van der Waals surface area contributed by atoms with E-state index in [1.165, 1.54) is 23.9 Å². The van der Waals surface area contributed by atoms with E-state index in [0.717, 1.165) is 26.1 Å². The molecule has 5 heteroatoms. The lowest BCUT2D eigenvalue weighted by atomic mass is 10.1. The molecule has 2 aliphatic rings. The maximum absolute atomic E-state index is 11.7. The number of benzene rings is 1. The quantitative estimate of drug-likeness (QED) is 0.853. The number of carbonyl (C=O) groups is 1. The average Bonchev–Trinajstić information content (AvgIpc) is 2.95. The fourth-order valence-electron chi connectivity index (χ4n) is 3.21. The maximum atomic E-state index is 11.7. The molecule has 1 aromatic rings. The first-order valence-electron chi connectivity index (χ1n) is 7.47. The zero-order valence-electron chi connectivity index (χ0n) is 12.6. The average molecular weight is 290 g/mol. The van der Waals surface area contributed by atoms with Crippen molar-refractivity contribution in [2.24, 2.45) is 0 Å². The third-order valence-electron chi connectivity index (χ3n) is 4.13. The van der Waals surface area contributed by atoms with Crippen LogP contribution in [0.25, 0.3) is 0 Å². The standard InChI is InChI=1S/C16H22N2O3/c1-11-8-18(10-14(21-11)16(19)20-2)9-13-5-3-4-12-6-7-17-15(12)13/h3-5,11,14,17H,6-10H2,1-2H3/t11-,14-/m1/s1. The third-order valence-corrected chi connectivity index (χ3v) is 4.13.